The minimum Gasteiger partial charge on any atom is -0.335 e. The summed E-state index contributed by atoms with van der Waals surface area (Å²) in [6.45, 7) is 1.96. The van der Waals surface area contributed by atoms with Crippen LogP contribution >= 0.6 is 0 Å². The number of para-hydroxylation sites is 1. The van der Waals surface area contributed by atoms with E-state index in [1.165, 1.54) is 6.08 Å². The van der Waals surface area contributed by atoms with Crippen molar-refractivity contribution in [2.45, 2.75) is 6.92 Å². The number of nitrogens with zero attached hydrogens (tertiary/aromatic N) is 2. The summed E-state index contributed by atoms with van der Waals surface area (Å²) < 4.78 is 0. The summed E-state index contributed by atoms with van der Waals surface area (Å²) in [4.78, 5) is 36.2. The Kier molecular flexibility index (Phi) is 4.99. The van der Waals surface area contributed by atoms with Crippen LogP contribution in [-0.2, 0) is 0 Å². The number of H-pyrrole nitrogens is 1. The van der Waals surface area contributed by atoms with Crippen LogP contribution in [0, 0.1) is 6.92 Å². The van der Waals surface area contributed by atoms with E-state index >= 15 is 0 Å². The first kappa shape index (κ1) is 18.3. The Balaban J connectivity index is 1.45. The third-order valence-electron chi connectivity index (χ3n) is 4.45. The Morgan fingerprint density at radius 2 is 1.83 bits per heavy atom. The predicted molar refractivity (Wildman–Crippen MR) is 113 cm³/mol. The largest absolute Gasteiger partial charge is 0.335 e. The number of aromatic amines is 1. The molecule has 2 aromatic carbocycles. The third kappa shape index (κ3) is 4.11. The van der Waals surface area contributed by atoms with Gasteiger partial charge in [0.1, 0.15) is 5.82 Å². The van der Waals surface area contributed by atoms with E-state index in [2.05, 4.69) is 20.3 Å². The Morgan fingerprint density at radius 1 is 1.00 bits per heavy atom. The van der Waals surface area contributed by atoms with Gasteiger partial charge in [0.2, 0.25) is 5.78 Å². The number of carbonyl (C=O) groups excluding carboxylic acids is 2. The van der Waals surface area contributed by atoms with Crippen LogP contribution in [0.3, 0.4) is 0 Å². The second-order valence-electron chi connectivity index (χ2n) is 6.55. The van der Waals surface area contributed by atoms with Gasteiger partial charge in [-0.3, -0.25) is 9.59 Å². The standard InChI is InChI=1S/C23H18N4O2/c1-15-5-4-6-18-21(15)27-22(25-18)19(28)13-10-16-8-11-17(12-9-16)23(29)26-20-7-2-3-14-24-20/h2-14H,1H3,(H,25,27)(H,24,26,29). The zero-order chi connectivity index (χ0) is 20.2. The molecule has 0 spiro atoms. The molecule has 4 aromatic rings. The Bertz CT molecular complexity index is 1210. The van der Waals surface area contributed by atoms with Crippen LogP contribution in [0.25, 0.3) is 17.1 Å². The molecule has 0 fully saturated rings. The van der Waals surface area contributed by atoms with Crippen LogP contribution < -0.4 is 5.32 Å². The normalized spacial score (nSPS) is 11.1. The van der Waals surface area contributed by atoms with Gasteiger partial charge >= 0.3 is 0 Å². The lowest BCUT2D eigenvalue weighted by Crippen LogP contribution is -2.12. The molecule has 4 rings (SSSR count). The Hall–Kier alpha value is -4.06. The zero-order valence-electron chi connectivity index (χ0n) is 15.7. The van der Waals surface area contributed by atoms with Crippen molar-refractivity contribution in [1.82, 2.24) is 15.0 Å². The highest BCUT2D eigenvalue weighted by molar-refractivity contribution is 6.06. The number of amides is 1. The molecule has 2 N–H and O–H groups in total. The highest BCUT2D eigenvalue weighted by atomic mass is 16.1. The maximum atomic E-state index is 12.4. The number of allylic oxidation sites excluding steroid dienone is 1. The van der Waals surface area contributed by atoms with Crippen LogP contribution in [0.4, 0.5) is 5.82 Å². The van der Waals surface area contributed by atoms with Crippen molar-refractivity contribution in [2.24, 2.45) is 0 Å². The number of imidazole rings is 1. The van der Waals surface area contributed by atoms with Crippen molar-refractivity contribution in [3.8, 4) is 0 Å². The fraction of sp³-hybridized carbons (Fsp3) is 0.0435. The number of fused-ring (bicyclic) bond motifs is 1. The molecule has 0 radical (unpaired) electrons. The van der Waals surface area contributed by atoms with Crippen LogP contribution in [0.15, 0.2) is 72.9 Å². The monoisotopic (exact) mass is 382 g/mol. The first-order valence-corrected chi connectivity index (χ1v) is 9.10. The first-order chi connectivity index (χ1) is 14.1. The minimum absolute atomic E-state index is 0.211. The molecule has 0 aliphatic rings. The molecular weight excluding hydrogens is 364 g/mol. The van der Waals surface area contributed by atoms with Crippen LogP contribution in [0.1, 0.15) is 32.1 Å². The molecule has 0 aliphatic carbocycles. The number of anilines is 1. The van der Waals surface area contributed by atoms with Gasteiger partial charge in [-0.1, -0.05) is 36.4 Å². The van der Waals surface area contributed by atoms with Gasteiger partial charge < -0.3 is 10.3 Å². The molecule has 0 unspecified atom stereocenters. The lowest BCUT2D eigenvalue weighted by atomic mass is 10.1. The molecule has 2 heterocycles. The van der Waals surface area contributed by atoms with Gasteiger partial charge in [0, 0.05) is 11.8 Å². The van der Waals surface area contributed by atoms with Crippen molar-refractivity contribution in [3.63, 3.8) is 0 Å². The number of rotatable bonds is 5. The van der Waals surface area contributed by atoms with Gasteiger partial charge in [-0.25, -0.2) is 9.97 Å². The molecule has 0 saturated carbocycles. The van der Waals surface area contributed by atoms with Gasteiger partial charge in [0.15, 0.2) is 5.82 Å². The van der Waals surface area contributed by atoms with E-state index in [-0.39, 0.29) is 11.7 Å². The summed E-state index contributed by atoms with van der Waals surface area (Å²) in [5.74, 6) is 0.343. The number of benzene rings is 2. The molecule has 2 aromatic heterocycles. The van der Waals surface area contributed by atoms with E-state index in [9.17, 15) is 9.59 Å². The van der Waals surface area contributed by atoms with Crippen molar-refractivity contribution in [2.75, 3.05) is 5.32 Å². The van der Waals surface area contributed by atoms with Crippen LogP contribution in [-0.4, -0.2) is 26.6 Å². The number of nitrogens with one attached hydrogen (secondary N) is 2. The van der Waals surface area contributed by atoms with Gasteiger partial charge in [0.05, 0.1) is 11.0 Å². The van der Waals surface area contributed by atoms with E-state index < -0.39 is 0 Å². The van der Waals surface area contributed by atoms with Crippen molar-refractivity contribution < 1.29 is 9.59 Å². The molecule has 6 heteroatoms. The molecule has 0 atom stereocenters. The fourth-order valence-electron chi connectivity index (χ4n) is 2.91. The Labute approximate surface area is 167 Å². The molecule has 0 saturated heterocycles. The van der Waals surface area contributed by atoms with Gasteiger partial charge in [-0.15, -0.1) is 0 Å². The quantitative estimate of drug-likeness (QED) is 0.395. The van der Waals surface area contributed by atoms with Crippen molar-refractivity contribution in [1.29, 1.82) is 0 Å². The van der Waals surface area contributed by atoms with Gasteiger partial charge in [-0.2, -0.15) is 0 Å². The van der Waals surface area contributed by atoms with Crippen LogP contribution in [0.5, 0.6) is 0 Å². The zero-order valence-corrected chi connectivity index (χ0v) is 15.7. The second-order valence-corrected chi connectivity index (χ2v) is 6.55. The lowest BCUT2D eigenvalue weighted by molar-refractivity contribution is 0.102. The Morgan fingerprint density at radius 3 is 2.55 bits per heavy atom. The summed E-state index contributed by atoms with van der Waals surface area (Å²) in [6, 6.07) is 18.0. The SMILES string of the molecule is Cc1cccc2[nH]c(C(=O)C=Cc3ccc(C(=O)Nc4ccccn4)cc3)nc12. The maximum Gasteiger partial charge on any atom is 0.256 e. The molecule has 142 valence electrons. The van der Waals surface area contributed by atoms with E-state index in [0.29, 0.717) is 17.2 Å². The summed E-state index contributed by atoms with van der Waals surface area (Å²) in [7, 11) is 0. The predicted octanol–water partition coefficient (Wildman–Crippen LogP) is 4.41. The summed E-state index contributed by atoms with van der Waals surface area (Å²) in [5.41, 5.74) is 3.96. The maximum absolute atomic E-state index is 12.4. The second kappa shape index (κ2) is 7.90. The molecule has 29 heavy (non-hydrogen) atoms. The summed E-state index contributed by atoms with van der Waals surface area (Å²) >= 11 is 0. The highest BCUT2D eigenvalue weighted by Crippen LogP contribution is 2.16. The number of ketones is 1. The fourth-order valence-corrected chi connectivity index (χ4v) is 2.91. The van der Waals surface area contributed by atoms with E-state index in [1.54, 1.807) is 54.7 Å². The first-order valence-electron chi connectivity index (χ1n) is 9.10. The number of hydrogen-bond donors (Lipinski definition) is 2. The lowest BCUT2D eigenvalue weighted by Gasteiger charge is -2.04. The highest BCUT2D eigenvalue weighted by Gasteiger charge is 2.10. The van der Waals surface area contributed by atoms with Crippen molar-refractivity contribution in [3.05, 3.63) is 95.5 Å². The van der Waals surface area contributed by atoms with Crippen LogP contribution in [0.2, 0.25) is 0 Å². The molecule has 6 nitrogen and oxygen atoms in total. The topological polar surface area (TPSA) is 87.7 Å². The third-order valence-corrected chi connectivity index (χ3v) is 4.45. The average molecular weight is 382 g/mol. The van der Waals surface area contributed by atoms with Crippen molar-refractivity contribution >= 4 is 34.6 Å². The number of aryl methyl sites for hydroxylation is 1. The number of hydrogen-bond acceptors (Lipinski definition) is 4. The van der Waals surface area contributed by atoms with E-state index in [1.807, 2.05) is 25.1 Å². The smallest absolute Gasteiger partial charge is 0.256 e. The molecule has 0 bridgehead atoms. The number of aromatic nitrogens is 3. The van der Waals surface area contributed by atoms with Gasteiger partial charge in [-0.05, 0) is 54.5 Å². The number of carbonyl (C=O) groups is 2. The summed E-state index contributed by atoms with van der Waals surface area (Å²) in [5, 5.41) is 2.73. The van der Waals surface area contributed by atoms with E-state index in [0.717, 1.165) is 22.2 Å². The minimum atomic E-state index is -0.243. The molecule has 1 amide bonds. The van der Waals surface area contributed by atoms with Gasteiger partial charge in [0.25, 0.3) is 5.91 Å². The van der Waals surface area contributed by atoms with E-state index in [4.69, 9.17) is 0 Å². The summed E-state index contributed by atoms with van der Waals surface area (Å²) in [6.07, 6.45) is 4.78. The molecule has 0 aliphatic heterocycles. The number of pyridine rings is 1. The molecular formula is C23H18N4O2. The average Bonchev–Trinajstić information content (AvgIpc) is 3.19.